The molecule has 4 rings (SSSR count). The van der Waals surface area contributed by atoms with Crippen LogP contribution in [0.5, 0.6) is 0 Å². The minimum Gasteiger partial charge on any atom is -0.377 e. The number of benzene rings is 2. The first kappa shape index (κ1) is 24.2. The molecular weight excluding hydrogens is 457 g/mol. The van der Waals surface area contributed by atoms with Crippen molar-refractivity contribution in [3.05, 3.63) is 64.9 Å². The largest absolute Gasteiger partial charge is 0.377 e. The number of urea groups is 1. The molecule has 0 atom stereocenters. The Kier molecular flexibility index (Phi) is 8.63. The first-order valence-corrected chi connectivity index (χ1v) is 11.8. The van der Waals surface area contributed by atoms with Gasteiger partial charge in [0.1, 0.15) is 5.82 Å². The van der Waals surface area contributed by atoms with Crippen LogP contribution in [0.15, 0.2) is 48.5 Å². The van der Waals surface area contributed by atoms with Gasteiger partial charge in [0, 0.05) is 17.8 Å². The number of anilines is 2. The van der Waals surface area contributed by atoms with Crippen molar-refractivity contribution in [2.45, 2.75) is 19.3 Å². The molecule has 32 heavy (non-hydrogen) atoms. The fourth-order valence-electron chi connectivity index (χ4n) is 3.37. The van der Waals surface area contributed by atoms with Crippen LogP contribution < -0.4 is 15.4 Å². The van der Waals surface area contributed by atoms with Crippen LogP contribution in [0, 0.1) is 11.7 Å². The molecule has 0 saturated heterocycles. The van der Waals surface area contributed by atoms with Gasteiger partial charge >= 0.3 is 6.03 Å². The number of carbonyl (C=O) groups is 1. The van der Waals surface area contributed by atoms with E-state index in [9.17, 15) is 9.18 Å². The number of nitrogens with two attached hydrogens (primary N) is 1. The molecule has 0 spiro atoms. The number of hydrogen-bond acceptors (Lipinski definition) is 4. The summed E-state index contributed by atoms with van der Waals surface area (Å²) in [5.41, 5.74) is 3.60. The van der Waals surface area contributed by atoms with Gasteiger partial charge in [-0.1, -0.05) is 35.9 Å². The minimum atomic E-state index is -2.62. The molecule has 2 aromatic rings. The fraction of sp³-hybridized carbons (Fsp3) is 0.318. The molecule has 3 N–H and O–H groups in total. The van der Waals surface area contributed by atoms with Crippen LogP contribution in [0.3, 0.4) is 0 Å². The monoisotopic (exact) mass is 481 g/mol. The number of rotatable bonds is 5. The van der Waals surface area contributed by atoms with Crippen LogP contribution in [0.25, 0.3) is 5.57 Å². The Bertz CT molecular complexity index is 1060. The number of carbonyl (C=O) groups excluding carboxylic acids is 1. The Morgan fingerprint density at radius 1 is 1.25 bits per heavy atom. The molecular formula is C22H25ClFN3O4S. The molecule has 2 aliphatic rings. The Balaban J connectivity index is 0.000000668. The number of nitrogens with one attached hydrogen (secondary N) is 1. The highest BCUT2D eigenvalue weighted by molar-refractivity contribution is 7.69. The van der Waals surface area contributed by atoms with Gasteiger partial charge in [-0.3, -0.25) is 4.90 Å². The average molecular weight is 482 g/mol. The molecule has 7 nitrogen and oxygen atoms in total. The van der Waals surface area contributed by atoms with Crippen molar-refractivity contribution in [3.63, 3.8) is 0 Å². The Labute approximate surface area is 193 Å². The van der Waals surface area contributed by atoms with E-state index < -0.39 is 16.7 Å². The van der Waals surface area contributed by atoms with Crippen molar-refractivity contribution in [2.75, 3.05) is 30.0 Å². The summed E-state index contributed by atoms with van der Waals surface area (Å²) in [5, 5.41) is 6.91. The maximum absolute atomic E-state index is 13.4. The molecule has 2 amide bonds. The average Bonchev–Trinajstić information content (AvgIpc) is 3.59. The lowest BCUT2D eigenvalue weighted by atomic mass is 9.99. The lowest BCUT2D eigenvalue weighted by molar-refractivity contribution is 0.161. The maximum Gasteiger partial charge on any atom is 0.326 e. The van der Waals surface area contributed by atoms with Gasteiger partial charge in [-0.05, 0) is 55.0 Å². The number of ether oxygens (including phenoxy) is 1. The third-order valence-corrected chi connectivity index (χ3v) is 5.35. The van der Waals surface area contributed by atoms with Gasteiger partial charge in [0.15, 0.2) is 10.9 Å². The van der Waals surface area contributed by atoms with Gasteiger partial charge in [0.05, 0.1) is 23.9 Å². The van der Waals surface area contributed by atoms with Gasteiger partial charge in [0.2, 0.25) is 0 Å². The zero-order valence-corrected chi connectivity index (χ0v) is 18.9. The van der Waals surface area contributed by atoms with Crippen LogP contribution in [0.2, 0.25) is 5.02 Å². The summed E-state index contributed by atoms with van der Waals surface area (Å²) in [5.74, 6) is 0.00517. The minimum absolute atomic E-state index is 0.0145. The van der Waals surface area contributed by atoms with Gasteiger partial charge < -0.3 is 10.1 Å². The van der Waals surface area contributed by atoms with E-state index in [0.29, 0.717) is 31.4 Å². The van der Waals surface area contributed by atoms with Crippen molar-refractivity contribution in [3.8, 4) is 0 Å². The quantitative estimate of drug-likeness (QED) is 0.557. The summed E-state index contributed by atoms with van der Waals surface area (Å²) in [6.07, 6.45) is 5.16. The van der Waals surface area contributed by atoms with Crippen molar-refractivity contribution < 1.29 is 22.3 Å². The van der Waals surface area contributed by atoms with E-state index in [0.717, 1.165) is 30.5 Å². The molecule has 0 unspecified atom stereocenters. The van der Waals surface area contributed by atoms with E-state index in [1.807, 2.05) is 18.2 Å². The first-order chi connectivity index (χ1) is 15.3. The number of nitrogens with zero attached hydrogens (tertiary/aromatic N) is 1. The van der Waals surface area contributed by atoms with Crippen LogP contribution in [-0.2, 0) is 15.6 Å². The molecule has 1 aliphatic carbocycles. The molecule has 1 saturated carbocycles. The number of halogens is 2. The molecule has 1 aliphatic heterocycles. The summed E-state index contributed by atoms with van der Waals surface area (Å²) in [4.78, 5) is 14.9. The molecule has 0 aromatic heterocycles. The maximum atomic E-state index is 13.4. The second-order valence-electron chi connectivity index (χ2n) is 7.47. The molecule has 0 bridgehead atoms. The highest BCUT2D eigenvalue weighted by Crippen LogP contribution is 2.36. The van der Waals surface area contributed by atoms with E-state index in [1.165, 1.54) is 23.8 Å². The van der Waals surface area contributed by atoms with Crippen molar-refractivity contribution >= 4 is 45.5 Å². The third-order valence-electron chi connectivity index (χ3n) is 5.06. The molecule has 10 heteroatoms. The zero-order valence-electron chi connectivity index (χ0n) is 17.3. The number of amides is 2. The Morgan fingerprint density at radius 2 is 1.97 bits per heavy atom. The fourth-order valence-corrected chi connectivity index (χ4v) is 3.55. The number of para-hydroxylation sites is 1. The molecule has 172 valence electrons. The normalized spacial score (nSPS) is 15.4. The van der Waals surface area contributed by atoms with E-state index in [1.54, 1.807) is 4.90 Å². The van der Waals surface area contributed by atoms with Gasteiger partial charge in [0.25, 0.3) is 0 Å². The lowest BCUT2D eigenvalue weighted by Gasteiger charge is -2.27. The second-order valence-corrected chi connectivity index (χ2v) is 8.45. The summed E-state index contributed by atoms with van der Waals surface area (Å²) >= 11 is 5.86. The highest BCUT2D eigenvalue weighted by Gasteiger charge is 2.29. The van der Waals surface area contributed by atoms with Crippen molar-refractivity contribution in [1.29, 1.82) is 0 Å². The SMILES string of the molecule is N[SH](=O)=O.O=C(Nc1ccc(F)c(Cl)c1)N(CC1CC1)c1ccccc1C1=CCOCC1. The standard InChI is InChI=1S/C22H22ClFN2O2.H3NO2S/c23-19-13-17(7-8-20(19)24)25-22(27)26(14-15-5-6-15)21-4-2-1-3-18(21)16-9-11-28-12-10-16;1-4(2)3/h1-4,7-9,13,15H,5-6,10-12,14H2,(H,25,27);4H,(H2,1,2,3). The Morgan fingerprint density at radius 3 is 2.59 bits per heavy atom. The predicted molar refractivity (Wildman–Crippen MR) is 125 cm³/mol. The summed E-state index contributed by atoms with van der Waals surface area (Å²) in [6.45, 7) is 1.93. The molecule has 2 aromatic carbocycles. The summed E-state index contributed by atoms with van der Waals surface area (Å²) < 4.78 is 36.5. The Hall–Kier alpha value is -2.46. The smallest absolute Gasteiger partial charge is 0.326 e. The van der Waals surface area contributed by atoms with Gasteiger partial charge in [-0.25, -0.2) is 22.7 Å². The van der Waals surface area contributed by atoms with Crippen molar-refractivity contribution in [2.24, 2.45) is 11.1 Å². The van der Waals surface area contributed by atoms with E-state index in [4.69, 9.17) is 24.8 Å². The van der Waals surface area contributed by atoms with Crippen LogP contribution in [0.4, 0.5) is 20.6 Å². The van der Waals surface area contributed by atoms with E-state index in [2.05, 4.69) is 22.6 Å². The molecule has 0 radical (unpaired) electrons. The number of hydrogen-bond donors (Lipinski definition) is 3. The third kappa shape index (κ3) is 7.03. The van der Waals surface area contributed by atoms with Gasteiger partial charge in [-0.2, -0.15) is 0 Å². The first-order valence-electron chi connectivity index (χ1n) is 10.1. The second kappa shape index (κ2) is 11.4. The van der Waals surface area contributed by atoms with E-state index >= 15 is 0 Å². The molecule has 1 heterocycles. The van der Waals surface area contributed by atoms with Crippen LogP contribution in [-0.4, -0.2) is 34.2 Å². The predicted octanol–water partition coefficient (Wildman–Crippen LogP) is 4.20. The van der Waals surface area contributed by atoms with Crippen LogP contribution >= 0.6 is 11.6 Å². The number of thiol groups is 1. The molecule has 1 fully saturated rings. The zero-order chi connectivity index (χ0) is 23.1. The van der Waals surface area contributed by atoms with E-state index in [-0.39, 0.29) is 11.1 Å². The topological polar surface area (TPSA) is 102 Å². The summed E-state index contributed by atoms with van der Waals surface area (Å²) in [6, 6.07) is 11.9. The van der Waals surface area contributed by atoms with Crippen molar-refractivity contribution in [1.82, 2.24) is 0 Å². The highest BCUT2D eigenvalue weighted by atomic mass is 35.5. The summed E-state index contributed by atoms with van der Waals surface area (Å²) in [7, 11) is -2.62. The van der Waals surface area contributed by atoms with Crippen LogP contribution in [0.1, 0.15) is 24.8 Å². The van der Waals surface area contributed by atoms with Gasteiger partial charge in [-0.15, -0.1) is 0 Å². The lowest BCUT2D eigenvalue weighted by Crippen LogP contribution is -2.37.